The standard InChI is InChI=1S/C12H14BFN2O2/c1-11(2)12(3,4)18-13(17-11)10-6-8(14)5-9(7-15)16-10/h5-6H,1-4H3. The summed E-state index contributed by atoms with van der Waals surface area (Å²) in [5.41, 5.74) is -0.735. The van der Waals surface area contributed by atoms with Crippen LogP contribution >= 0.6 is 0 Å². The molecule has 1 aliphatic rings. The van der Waals surface area contributed by atoms with Gasteiger partial charge in [0.1, 0.15) is 17.6 Å². The summed E-state index contributed by atoms with van der Waals surface area (Å²) in [6, 6.07) is 4.11. The fourth-order valence-corrected chi connectivity index (χ4v) is 1.66. The summed E-state index contributed by atoms with van der Waals surface area (Å²) >= 11 is 0. The summed E-state index contributed by atoms with van der Waals surface area (Å²) in [5, 5.41) is 8.77. The molecule has 0 saturated carbocycles. The maximum atomic E-state index is 13.4. The van der Waals surface area contributed by atoms with E-state index in [2.05, 4.69) is 4.98 Å². The lowest BCUT2D eigenvalue weighted by atomic mass is 9.84. The van der Waals surface area contributed by atoms with E-state index in [0.717, 1.165) is 6.07 Å². The van der Waals surface area contributed by atoms with Crippen LogP contribution in [-0.4, -0.2) is 23.3 Å². The topological polar surface area (TPSA) is 55.1 Å². The molecule has 0 atom stereocenters. The minimum Gasteiger partial charge on any atom is -0.398 e. The van der Waals surface area contributed by atoms with Crippen LogP contribution in [0.5, 0.6) is 0 Å². The Morgan fingerprint density at radius 3 is 2.28 bits per heavy atom. The summed E-state index contributed by atoms with van der Waals surface area (Å²) in [4.78, 5) is 4.01. The molecule has 18 heavy (non-hydrogen) atoms. The van der Waals surface area contributed by atoms with E-state index in [9.17, 15) is 4.39 Å². The van der Waals surface area contributed by atoms with Gasteiger partial charge in [-0.2, -0.15) is 5.26 Å². The predicted octanol–water partition coefficient (Wildman–Crippen LogP) is 1.39. The second-order valence-electron chi connectivity index (χ2n) is 5.30. The third-order valence-electron chi connectivity index (χ3n) is 3.42. The number of nitriles is 1. The summed E-state index contributed by atoms with van der Waals surface area (Å²) in [7, 11) is -0.752. The number of nitrogens with zero attached hydrogens (tertiary/aromatic N) is 2. The molecule has 94 valence electrons. The van der Waals surface area contributed by atoms with Crippen molar-refractivity contribution in [3.63, 3.8) is 0 Å². The van der Waals surface area contributed by atoms with Crippen LogP contribution in [0.1, 0.15) is 33.4 Å². The first kappa shape index (κ1) is 13.0. The van der Waals surface area contributed by atoms with Gasteiger partial charge in [-0.05, 0) is 33.8 Å². The Kier molecular flexibility index (Phi) is 2.92. The molecule has 0 amide bonds. The van der Waals surface area contributed by atoms with E-state index < -0.39 is 24.1 Å². The Bertz CT molecular complexity index is 509. The summed E-state index contributed by atoms with van der Waals surface area (Å²) in [6.45, 7) is 7.60. The zero-order valence-electron chi connectivity index (χ0n) is 10.8. The van der Waals surface area contributed by atoms with Gasteiger partial charge in [0.05, 0.1) is 16.8 Å². The van der Waals surface area contributed by atoms with Gasteiger partial charge < -0.3 is 9.31 Å². The van der Waals surface area contributed by atoms with Crippen molar-refractivity contribution in [3.05, 3.63) is 23.6 Å². The van der Waals surface area contributed by atoms with E-state index in [1.54, 1.807) is 0 Å². The van der Waals surface area contributed by atoms with Crippen molar-refractivity contribution in [2.45, 2.75) is 38.9 Å². The number of hydrogen-bond donors (Lipinski definition) is 0. The Morgan fingerprint density at radius 1 is 1.22 bits per heavy atom. The fourth-order valence-electron chi connectivity index (χ4n) is 1.66. The van der Waals surface area contributed by atoms with Crippen molar-refractivity contribution in [1.82, 2.24) is 4.98 Å². The fraction of sp³-hybridized carbons (Fsp3) is 0.500. The highest BCUT2D eigenvalue weighted by Gasteiger charge is 2.52. The molecule has 0 aliphatic carbocycles. The minimum atomic E-state index is -0.752. The molecule has 1 fully saturated rings. The third kappa shape index (κ3) is 2.12. The molecule has 0 N–H and O–H groups in total. The molecule has 0 radical (unpaired) electrons. The normalized spacial score (nSPS) is 20.8. The van der Waals surface area contributed by atoms with Crippen LogP contribution < -0.4 is 5.59 Å². The first-order valence-electron chi connectivity index (χ1n) is 5.68. The van der Waals surface area contributed by atoms with Gasteiger partial charge >= 0.3 is 7.12 Å². The van der Waals surface area contributed by atoms with E-state index in [4.69, 9.17) is 14.6 Å². The average molecular weight is 248 g/mol. The molecule has 1 aromatic rings. The number of halogens is 1. The number of pyridine rings is 1. The number of hydrogen-bond acceptors (Lipinski definition) is 4. The monoisotopic (exact) mass is 248 g/mol. The molecular formula is C12H14BFN2O2. The van der Waals surface area contributed by atoms with E-state index in [1.165, 1.54) is 6.07 Å². The SMILES string of the molecule is CC1(C)OB(c2cc(F)cc(C#N)n2)OC1(C)C. The lowest BCUT2D eigenvalue weighted by molar-refractivity contribution is 0.00578. The van der Waals surface area contributed by atoms with Crippen LogP contribution in [0.4, 0.5) is 4.39 Å². The number of rotatable bonds is 1. The van der Waals surface area contributed by atoms with Gasteiger partial charge in [-0.1, -0.05) is 0 Å². The van der Waals surface area contributed by atoms with Crippen LogP contribution in [-0.2, 0) is 9.31 Å². The molecule has 0 unspecified atom stereocenters. The van der Waals surface area contributed by atoms with Crippen molar-refractivity contribution in [2.24, 2.45) is 0 Å². The molecule has 2 heterocycles. The highest BCUT2D eigenvalue weighted by Crippen LogP contribution is 2.36. The van der Waals surface area contributed by atoms with Crippen LogP contribution in [0, 0.1) is 17.1 Å². The zero-order valence-corrected chi connectivity index (χ0v) is 10.8. The minimum absolute atomic E-state index is 0.0136. The van der Waals surface area contributed by atoms with Crippen LogP contribution in [0.25, 0.3) is 0 Å². The van der Waals surface area contributed by atoms with Crippen molar-refractivity contribution in [1.29, 1.82) is 5.26 Å². The van der Waals surface area contributed by atoms with Gasteiger partial charge in [0.25, 0.3) is 0 Å². The highest BCUT2D eigenvalue weighted by molar-refractivity contribution is 6.61. The largest absolute Gasteiger partial charge is 0.514 e. The highest BCUT2D eigenvalue weighted by atomic mass is 19.1. The smallest absolute Gasteiger partial charge is 0.398 e. The Balaban J connectivity index is 2.36. The van der Waals surface area contributed by atoms with Crippen molar-refractivity contribution in [3.8, 4) is 6.07 Å². The van der Waals surface area contributed by atoms with Crippen LogP contribution in [0.15, 0.2) is 12.1 Å². The van der Waals surface area contributed by atoms with Crippen molar-refractivity contribution < 1.29 is 13.7 Å². The second kappa shape index (κ2) is 4.04. The first-order valence-corrected chi connectivity index (χ1v) is 5.68. The van der Waals surface area contributed by atoms with E-state index in [0.29, 0.717) is 0 Å². The molecular weight excluding hydrogens is 234 g/mol. The maximum Gasteiger partial charge on any atom is 0.514 e. The molecule has 4 nitrogen and oxygen atoms in total. The maximum absolute atomic E-state index is 13.4. The molecule has 2 rings (SSSR count). The lowest BCUT2D eigenvalue weighted by Crippen LogP contribution is -2.41. The van der Waals surface area contributed by atoms with E-state index in [1.807, 2.05) is 33.8 Å². The van der Waals surface area contributed by atoms with Gasteiger partial charge in [-0.3, -0.25) is 0 Å². The van der Waals surface area contributed by atoms with Crippen LogP contribution in [0.3, 0.4) is 0 Å². The molecule has 0 bridgehead atoms. The van der Waals surface area contributed by atoms with Crippen molar-refractivity contribution in [2.75, 3.05) is 0 Å². The van der Waals surface area contributed by atoms with E-state index in [-0.39, 0.29) is 11.3 Å². The molecule has 1 saturated heterocycles. The molecule has 1 aliphatic heterocycles. The number of aromatic nitrogens is 1. The molecule has 1 aromatic heterocycles. The van der Waals surface area contributed by atoms with Gasteiger partial charge in [0, 0.05) is 6.07 Å². The molecule has 6 heteroatoms. The van der Waals surface area contributed by atoms with Gasteiger partial charge in [-0.25, -0.2) is 9.37 Å². The van der Waals surface area contributed by atoms with Crippen molar-refractivity contribution >= 4 is 12.7 Å². The predicted molar refractivity (Wildman–Crippen MR) is 64.6 cm³/mol. The Hall–Kier alpha value is -1.45. The molecule has 0 aromatic carbocycles. The second-order valence-corrected chi connectivity index (χ2v) is 5.30. The summed E-state index contributed by atoms with van der Waals surface area (Å²) in [6.07, 6.45) is 0. The van der Waals surface area contributed by atoms with Gasteiger partial charge in [-0.15, -0.1) is 0 Å². The quantitative estimate of drug-likeness (QED) is 0.704. The summed E-state index contributed by atoms with van der Waals surface area (Å²) in [5.74, 6) is -0.522. The zero-order chi connectivity index (χ0) is 13.6. The lowest BCUT2D eigenvalue weighted by Gasteiger charge is -2.32. The Morgan fingerprint density at radius 2 is 1.78 bits per heavy atom. The van der Waals surface area contributed by atoms with Gasteiger partial charge in [0.2, 0.25) is 0 Å². The average Bonchev–Trinajstić information content (AvgIpc) is 2.47. The Labute approximate surface area is 106 Å². The third-order valence-corrected chi connectivity index (χ3v) is 3.42. The van der Waals surface area contributed by atoms with Crippen LogP contribution in [0.2, 0.25) is 0 Å². The van der Waals surface area contributed by atoms with E-state index >= 15 is 0 Å². The summed E-state index contributed by atoms with van der Waals surface area (Å²) < 4.78 is 24.8. The molecule has 0 spiro atoms. The first-order chi connectivity index (χ1) is 8.25. The van der Waals surface area contributed by atoms with Gasteiger partial charge in [0.15, 0.2) is 0 Å².